The molecule has 0 spiro atoms. The Morgan fingerprint density at radius 2 is 1.96 bits per heavy atom. The van der Waals surface area contributed by atoms with Gasteiger partial charge in [0.15, 0.2) is 0 Å². The highest BCUT2D eigenvalue weighted by Gasteiger charge is 2.47. The molecular formula is C18H25N3O3. The number of hydrogen-bond acceptors (Lipinski definition) is 3. The van der Waals surface area contributed by atoms with Crippen LogP contribution in [0.3, 0.4) is 0 Å². The summed E-state index contributed by atoms with van der Waals surface area (Å²) < 4.78 is 5.16. The molecule has 0 aromatic heterocycles. The Labute approximate surface area is 142 Å². The van der Waals surface area contributed by atoms with Crippen LogP contribution in [0.1, 0.15) is 19.4 Å². The summed E-state index contributed by atoms with van der Waals surface area (Å²) in [5.41, 5.74) is 1.10. The first-order valence-electron chi connectivity index (χ1n) is 8.45. The van der Waals surface area contributed by atoms with E-state index in [4.69, 9.17) is 4.74 Å². The molecule has 2 aliphatic rings. The molecule has 2 fully saturated rings. The van der Waals surface area contributed by atoms with Crippen molar-refractivity contribution < 1.29 is 14.3 Å². The van der Waals surface area contributed by atoms with Crippen LogP contribution in [-0.2, 0) is 11.3 Å². The summed E-state index contributed by atoms with van der Waals surface area (Å²) in [5.74, 6) is 1.17. The fraction of sp³-hybridized carbons (Fsp3) is 0.556. The Morgan fingerprint density at radius 1 is 1.25 bits per heavy atom. The molecule has 0 bridgehead atoms. The molecule has 2 aliphatic heterocycles. The predicted molar refractivity (Wildman–Crippen MR) is 90.6 cm³/mol. The van der Waals surface area contributed by atoms with Gasteiger partial charge in [-0.25, -0.2) is 4.79 Å². The van der Waals surface area contributed by atoms with E-state index in [1.54, 1.807) is 12.0 Å². The van der Waals surface area contributed by atoms with Gasteiger partial charge in [-0.3, -0.25) is 4.79 Å². The molecule has 24 heavy (non-hydrogen) atoms. The topological polar surface area (TPSA) is 61.9 Å². The third-order valence-corrected chi connectivity index (χ3v) is 4.76. The van der Waals surface area contributed by atoms with E-state index in [1.165, 1.54) is 0 Å². The van der Waals surface area contributed by atoms with Crippen LogP contribution in [0.25, 0.3) is 0 Å². The van der Waals surface area contributed by atoms with E-state index in [-0.39, 0.29) is 29.8 Å². The third-order valence-electron chi connectivity index (χ3n) is 4.76. The summed E-state index contributed by atoms with van der Waals surface area (Å²) in [6, 6.07) is 7.85. The van der Waals surface area contributed by atoms with Crippen molar-refractivity contribution in [3.8, 4) is 5.75 Å². The molecule has 3 amide bonds. The van der Waals surface area contributed by atoms with Gasteiger partial charge in [0.05, 0.1) is 13.0 Å². The molecule has 1 aromatic rings. The van der Waals surface area contributed by atoms with E-state index in [0.29, 0.717) is 19.6 Å². The summed E-state index contributed by atoms with van der Waals surface area (Å²) in [7, 11) is 1.64. The number of rotatable bonds is 4. The lowest BCUT2D eigenvalue weighted by atomic mass is 10.0. The fourth-order valence-electron chi connectivity index (χ4n) is 3.54. The molecule has 0 unspecified atom stereocenters. The molecule has 2 saturated heterocycles. The summed E-state index contributed by atoms with van der Waals surface area (Å²) in [6.45, 7) is 6.41. The minimum atomic E-state index is -0.0612. The fourth-order valence-corrected chi connectivity index (χ4v) is 3.54. The zero-order chi connectivity index (χ0) is 17.3. The van der Waals surface area contributed by atoms with Crippen molar-refractivity contribution >= 4 is 11.9 Å². The first kappa shape index (κ1) is 16.6. The molecule has 1 N–H and O–H groups in total. The van der Waals surface area contributed by atoms with Crippen molar-refractivity contribution in [1.29, 1.82) is 0 Å². The zero-order valence-corrected chi connectivity index (χ0v) is 14.5. The van der Waals surface area contributed by atoms with Gasteiger partial charge >= 0.3 is 6.03 Å². The Bertz CT molecular complexity index is 614. The minimum absolute atomic E-state index is 0.0545. The van der Waals surface area contributed by atoms with Crippen molar-refractivity contribution in [2.75, 3.05) is 26.7 Å². The first-order valence-corrected chi connectivity index (χ1v) is 8.45. The van der Waals surface area contributed by atoms with Crippen molar-refractivity contribution in [3.05, 3.63) is 29.8 Å². The van der Waals surface area contributed by atoms with E-state index in [1.807, 2.05) is 43.0 Å². The average molecular weight is 331 g/mol. The van der Waals surface area contributed by atoms with E-state index < -0.39 is 0 Å². The molecule has 3 rings (SSSR count). The van der Waals surface area contributed by atoms with Gasteiger partial charge in [0.2, 0.25) is 5.91 Å². The Hall–Kier alpha value is -2.24. The number of hydrogen-bond donors (Lipinski definition) is 1. The lowest BCUT2D eigenvalue weighted by molar-refractivity contribution is -0.131. The zero-order valence-electron chi connectivity index (χ0n) is 14.5. The van der Waals surface area contributed by atoms with Gasteiger partial charge in [-0.1, -0.05) is 12.1 Å². The van der Waals surface area contributed by atoms with Gasteiger partial charge in [0.1, 0.15) is 5.75 Å². The van der Waals surface area contributed by atoms with Crippen LogP contribution in [0.5, 0.6) is 5.75 Å². The van der Waals surface area contributed by atoms with Crippen LogP contribution < -0.4 is 10.1 Å². The van der Waals surface area contributed by atoms with Gasteiger partial charge in [-0.15, -0.1) is 0 Å². The SMILES string of the molecule is COc1ccc(CN2C[C@H]3CN(C(=O)NC(C)C)C[C@H]3C2=O)cc1. The average Bonchev–Trinajstić information content (AvgIpc) is 3.08. The molecular weight excluding hydrogens is 306 g/mol. The number of nitrogens with one attached hydrogen (secondary N) is 1. The maximum Gasteiger partial charge on any atom is 0.317 e. The molecule has 1 aromatic carbocycles. The van der Waals surface area contributed by atoms with Gasteiger partial charge in [-0.2, -0.15) is 0 Å². The van der Waals surface area contributed by atoms with Crippen molar-refractivity contribution in [2.45, 2.75) is 26.4 Å². The Kier molecular flexibility index (Phi) is 4.64. The highest BCUT2D eigenvalue weighted by Crippen LogP contribution is 2.33. The molecule has 0 radical (unpaired) electrons. The number of amides is 3. The molecule has 2 atom stereocenters. The van der Waals surface area contributed by atoms with Gasteiger partial charge in [0.25, 0.3) is 0 Å². The number of ether oxygens (including phenoxy) is 1. The summed E-state index contributed by atoms with van der Waals surface area (Å²) in [5, 5.41) is 2.90. The van der Waals surface area contributed by atoms with Crippen molar-refractivity contribution in [2.24, 2.45) is 11.8 Å². The normalized spacial score (nSPS) is 22.9. The van der Waals surface area contributed by atoms with Gasteiger partial charge in [0, 0.05) is 38.1 Å². The van der Waals surface area contributed by atoms with E-state index in [9.17, 15) is 9.59 Å². The summed E-state index contributed by atoms with van der Waals surface area (Å²) >= 11 is 0. The maximum atomic E-state index is 12.6. The van der Waals surface area contributed by atoms with Crippen LogP contribution in [0.2, 0.25) is 0 Å². The number of methoxy groups -OCH3 is 1. The molecule has 6 heteroatoms. The van der Waals surface area contributed by atoms with Crippen molar-refractivity contribution in [1.82, 2.24) is 15.1 Å². The quantitative estimate of drug-likeness (QED) is 0.913. The molecule has 0 aliphatic carbocycles. The van der Waals surface area contributed by atoms with Crippen molar-refractivity contribution in [3.63, 3.8) is 0 Å². The van der Waals surface area contributed by atoms with Gasteiger partial charge < -0.3 is 19.9 Å². The largest absolute Gasteiger partial charge is 0.497 e. The Balaban J connectivity index is 1.58. The van der Waals surface area contributed by atoms with E-state index in [2.05, 4.69) is 5.32 Å². The lowest BCUT2D eigenvalue weighted by Crippen LogP contribution is -2.43. The summed E-state index contributed by atoms with van der Waals surface area (Å²) in [6.07, 6.45) is 0. The third kappa shape index (κ3) is 3.32. The lowest BCUT2D eigenvalue weighted by Gasteiger charge is -2.23. The highest BCUT2D eigenvalue weighted by atomic mass is 16.5. The smallest absolute Gasteiger partial charge is 0.317 e. The number of urea groups is 1. The number of carbonyl (C=O) groups is 2. The second kappa shape index (κ2) is 6.71. The standard InChI is InChI=1S/C18H25N3O3/c1-12(2)19-18(23)21-10-14-9-20(17(22)16(14)11-21)8-13-4-6-15(24-3)7-5-13/h4-7,12,14,16H,8-11H2,1-3H3,(H,19,23)/t14-,16+/m0/s1. The Morgan fingerprint density at radius 3 is 2.54 bits per heavy atom. The van der Waals surface area contributed by atoms with Crippen LogP contribution in [0, 0.1) is 11.8 Å². The summed E-state index contributed by atoms with van der Waals surface area (Å²) in [4.78, 5) is 28.4. The number of carbonyl (C=O) groups excluding carboxylic acids is 2. The van der Waals surface area contributed by atoms with Crippen LogP contribution in [-0.4, -0.2) is 54.5 Å². The first-order chi connectivity index (χ1) is 11.5. The number of likely N-dealkylation sites (tertiary alicyclic amines) is 2. The number of benzene rings is 1. The maximum absolute atomic E-state index is 12.6. The molecule has 2 heterocycles. The number of fused-ring (bicyclic) bond motifs is 1. The van der Waals surface area contributed by atoms with E-state index in [0.717, 1.165) is 17.9 Å². The molecule has 130 valence electrons. The van der Waals surface area contributed by atoms with E-state index >= 15 is 0 Å². The second-order valence-electron chi connectivity index (χ2n) is 6.94. The highest BCUT2D eigenvalue weighted by molar-refractivity contribution is 5.84. The monoisotopic (exact) mass is 331 g/mol. The molecule has 0 saturated carbocycles. The van der Waals surface area contributed by atoms with Gasteiger partial charge in [-0.05, 0) is 31.5 Å². The molecule has 6 nitrogen and oxygen atoms in total. The second-order valence-corrected chi connectivity index (χ2v) is 6.94. The van der Waals surface area contributed by atoms with Crippen LogP contribution >= 0.6 is 0 Å². The van der Waals surface area contributed by atoms with Crippen LogP contribution in [0.4, 0.5) is 4.79 Å². The number of nitrogens with zero attached hydrogens (tertiary/aromatic N) is 2. The predicted octanol–water partition coefficient (Wildman–Crippen LogP) is 1.70. The van der Waals surface area contributed by atoms with Crippen LogP contribution in [0.15, 0.2) is 24.3 Å². The minimum Gasteiger partial charge on any atom is -0.497 e.